The average molecular weight is 538 g/mol. The molecule has 0 bridgehead atoms. The number of nitrogens with two attached hydrogens (primary N) is 1. The molecule has 37 heavy (non-hydrogen) atoms. The van der Waals surface area contributed by atoms with Crippen LogP contribution >= 0.6 is 11.6 Å². The first-order chi connectivity index (χ1) is 17.4. The number of halogens is 7. The summed E-state index contributed by atoms with van der Waals surface area (Å²) >= 11 is 5.77. The lowest BCUT2D eigenvalue weighted by molar-refractivity contribution is -0.137. The van der Waals surface area contributed by atoms with Crippen LogP contribution in [0.1, 0.15) is 16.7 Å². The van der Waals surface area contributed by atoms with Gasteiger partial charge in [0, 0.05) is 29.1 Å². The summed E-state index contributed by atoms with van der Waals surface area (Å²) in [6.07, 6.45) is -7.45. The molecule has 2 aromatic heterocycles. The lowest BCUT2D eigenvalue weighted by Gasteiger charge is -2.12. The number of rotatable bonds is 5. The first kappa shape index (κ1) is 25.9. The first-order valence-electron chi connectivity index (χ1n) is 10.3. The second kappa shape index (κ2) is 9.69. The molecule has 0 unspecified atom stereocenters. The molecule has 0 fully saturated rings. The van der Waals surface area contributed by atoms with Crippen LogP contribution < -0.4 is 5.73 Å². The maximum Gasteiger partial charge on any atom is 0.417 e. The highest BCUT2D eigenvalue weighted by atomic mass is 35.5. The summed E-state index contributed by atoms with van der Waals surface area (Å²) in [5.74, 6) is -2.00. The highest BCUT2D eigenvalue weighted by Gasteiger charge is 2.37. The van der Waals surface area contributed by atoms with E-state index in [4.69, 9.17) is 17.3 Å². The quantitative estimate of drug-likeness (QED) is 0.187. The predicted octanol–water partition coefficient (Wildman–Crippen LogP) is 6.18. The third kappa shape index (κ3) is 5.48. The van der Waals surface area contributed by atoms with Crippen molar-refractivity contribution in [2.45, 2.75) is 12.4 Å². The second-order valence-electron chi connectivity index (χ2n) is 7.57. The van der Waals surface area contributed by atoms with Crippen molar-refractivity contribution in [1.29, 1.82) is 0 Å². The van der Waals surface area contributed by atoms with Gasteiger partial charge in [-0.25, -0.2) is 14.6 Å². The van der Waals surface area contributed by atoms with Crippen LogP contribution in [0.3, 0.4) is 0 Å². The summed E-state index contributed by atoms with van der Waals surface area (Å²) < 4.78 is 83.1. The van der Waals surface area contributed by atoms with Crippen LogP contribution in [0, 0.1) is 0 Å². The Hall–Kier alpha value is -4.19. The molecule has 4 rings (SSSR count). The maximum absolute atomic E-state index is 13.8. The number of nitrogens with zero attached hydrogens (tertiary/aromatic N) is 4. The molecule has 190 valence electrons. The van der Waals surface area contributed by atoms with Crippen molar-refractivity contribution in [2.75, 3.05) is 0 Å². The van der Waals surface area contributed by atoms with Crippen molar-refractivity contribution < 1.29 is 31.1 Å². The summed E-state index contributed by atoms with van der Waals surface area (Å²) in [7, 11) is 0. The van der Waals surface area contributed by atoms with Gasteiger partial charge in [0.15, 0.2) is 11.6 Å². The maximum atomic E-state index is 13.8. The molecule has 0 spiro atoms. The standard InChI is InChI=1S/C24H14ClF6N5O/c25-19-10-9-13(11-33-19)16(20(32)37)12-36-22(15-6-2-4-8-18(15)24(29,30)31)34-21(35-36)14-5-1-3-7-17(14)23(26,27)28/h1-12H,(H2,32,37). The Kier molecular flexibility index (Phi) is 6.78. The molecule has 0 saturated heterocycles. The Morgan fingerprint density at radius 1 is 0.865 bits per heavy atom. The molecule has 6 nitrogen and oxygen atoms in total. The number of pyridine rings is 1. The Bertz CT molecular complexity index is 1490. The third-order valence-corrected chi connectivity index (χ3v) is 5.36. The zero-order chi connectivity index (χ0) is 27.0. The van der Waals surface area contributed by atoms with Crippen LogP contribution in [-0.2, 0) is 17.1 Å². The molecule has 0 saturated carbocycles. The molecule has 0 radical (unpaired) electrons. The SMILES string of the molecule is NC(=O)C(=Cn1nc(-c2ccccc2C(F)(F)F)nc1-c1ccccc1C(F)(F)F)c1ccc(Cl)nc1. The van der Waals surface area contributed by atoms with E-state index in [1.165, 1.54) is 30.5 Å². The Labute approximate surface area is 210 Å². The molecule has 2 N–H and O–H groups in total. The Balaban J connectivity index is 2.02. The number of benzene rings is 2. The summed E-state index contributed by atoms with van der Waals surface area (Å²) in [5.41, 5.74) is 2.21. The minimum absolute atomic E-state index is 0.0964. The summed E-state index contributed by atoms with van der Waals surface area (Å²) in [5, 5.41) is 4.12. The second-order valence-corrected chi connectivity index (χ2v) is 7.95. The average Bonchev–Trinajstić information content (AvgIpc) is 3.26. The fourth-order valence-electron chi connectivity index (χ4n) is 3.50. The Morgan fingerprint density at radius 3 is 1.97 bits per heavy atom. The van der Waals surface area contributed by atoms with Gasteiger partial charge in [-0.1, -0.05) is 48.0 Å². The monoisotopic (exact) mass is 537 g/mol. The number of aromatic nitrogens is 4. The van der Waals surface area contributed by atoms with E-state index >= 15 is 0 Å². The molecule has 0 aliphatic rings. The number of hydrogen-bond acceptors (Lipinski definition) is 4. The lowest BCUT2D eigenvalue weighted by Crippen LogP contribution is -2.14. The third-order valence-electron chi connectivity index (χ3n) is 5.13. The highest BCUT2D eigenvalue weighted by molar-refractivity contribution is 6.29. The van der Waals surface area contributed by atoms with Crippen LogP contribution in [0.4, 0.5) is 26.3 Å². The van der Waals surface area contributed by atoms with Crippen molar-refractivity contribution in [3.05, 3.63) is 88.7 Å². The van der Waals surface area contributed by atoms with E-state index in [0.717, 1.165) is 47.3 Å². The van der Waals surface area contributed by atoms with Crippen LogP contribution in [0.2, 0.25) is 5.15 Å². The summed E-state index contributed by atoms with van der Waals surface area (Å²) in [6.45, 7) is 0. The van der Waals surface area contributed by atoms with Gasteiger partial charge in [-0.05, 0) is 24.3 Å². The van der Waals surface area contributed by atoms with Gasteiger partial charge < -0.3 is 5.73 Å². The van der Waals surface area contributed by atoms with Crippen molar-refractivity contribution in [2.24, 2.45) is 5.73 Å². The highest BCUT2D eigenvalue weighted by Crippen LogP contribution is 2.39. The normalized spacial score (nSPS) is 12.6. The molecule has 13 heteroatoms. The molecule has 0 aliphatic heterocycles. The van der Waals surface area contributed by atoms with Crippen molar-refractivity contribution in [3.8, 4) is 22.8 Å². The van der Waals surface area contributed by atoms with Crippen LogP contribution in [-0.4, -0.2) is 25.7 Å². The summed E-state index contributed by atoms with van der Waals surface area (Å²) in [4.78, 5) is 20.1. The molecule has 4 aromatic rings. The lowest BCUT2D eigenvalue weighted by atomic mass is 10.1. The van der Waals surface area contributed by atoms with E-state index in [1.807, 2.05) is 0 Å². The van der Waals surface area contributed by atoms with Crippen molar-refractivity contribution >= 4 is 29.3 Å². The molecule has 1 amide bonds. The molecule has 0 atom stereocenters. The number of primary amides is 1. The van der Waals surface area contributed by atoms with E-state index in [-0.39, 0.29) is 16.3 Å². The van der Waals surface area contributed by atoms with Gasteiger partial charge in [-0.3, -0.25) is 4.79 Å². The molecule has 2 heterocycles. The minimum atomic E-state index is -4.83. The molecule has 2 aromatic carbocycles. The van der Waals surface area contributed by atoms with Crippen molar-refractivity contribution in [3.63, 3.8) is 0 Å². The molecular formula is C24H14ClF6N5O. The van der Waals surface area contributed by atoms with E-state index in [2.05, 4.69) is 15.1 Å². The zero-order valence-electron chi connectivity index (χ0n) is 18.3. The van der Waals surface area contributed by atoms with E-state index < -0.39 is 52.2 Å². The van der Waals surface area contributed by atoms with Gasteiger partial charge in [0.05, 0.1) is 16.7 Å². The van der Waals surface area contributed by atoms with E-state index in [0.29, 0.717) is 0 Å². The number of amides is 1. The van der Waals surface area contributed by atoms with Gasteiger partial charge in [0.25, 0.3) is 5.91 Å². The van der Waals surface area contributed by atoms with Crippen LogP contribution in [0.25, 0.3) is 34.5 Å². The minimum Gasteiger partial charge on any atom is -0.366 e. The number of hydrogen-bond donors (Lipinski definition) is 1. The summed E-state index contributed by atoms with van der Waals surface area (Å²) in [6, 6.07) is 11.4. The van der Waals surface area contributed by atoms with E-state index in [1.54, 1.807) is 0 Å². The number of alkyl halides is 6. The smallest absolute Gasteiger partial charge is 0.366 e. The first-order valence-corrected chi connectivity index (χ1v) is 10.7. The number of carbonyl (C=O) groups excluding carboxylic acids is 1. The number of carbonyl (C=O) groups is 1. The fraction of sp³-hybridized carbons (Fsp3) is 0.0833. The van der Waals surface area contributed by atoms with Gasteiger partial charge in [0.2, 0.25) is 0 Å². The Morgan fingerprint density at radius 2 is 1.43 bits per heavy atom. The largest absolute Gasteiger partial charge is 0.417 e. The zero-order valence-corrected chi connectivity index (χ0v) is 19.1. The van der Waals surface area contributed by atoms with Gasteiger partial charge in [-0.2, -0.15) is 26.3 Å². The van der Waals surface area contributed by atoms with Crippen molar-refractivity contribution in [1.82, 2.24) is 19.7 Å². The van der Waals surface area contributed by atoms with Gasteiger partial charge in [0.1, 0.15) is 5.15 Å². The van der Waals surface area contributed by atoms with Gasteiger partial charge in [-0.15, -0.1) is 5.10 Å². The van der Waals surface area contributed by atoms with E-state index in [9.17, 15) is 31.1 Å². The predicted molar refractivity (Wildman–Crippen MR) is 124 cm³/mol. The van der Waals surface area contributed by atoms with Crippen LogP contribution in [0.15, 0.2) is 66.9 Å². The van der Waals surface area contributed by atoms with Gasteiger partial charge >= 0.3 is 12.4 Å². The fourth-order valence-corrected chi connectivity index (χ4v) is 3.61. The molecular weight excluding hydrogens is 524 g/mol. The van der Waals surface area contributed by atoms with Crippen LogP contribution in [0.5, 0.6) is 0 Å². The molecule has 0 aliphatic carbocycles. The topological polar surface area (TPSA) is 86.7 Å².